The van der Waals surface area contributed by atoms with Gasteiger partial charge in [-0.3, -0.25) is 4.79 Å². The maximum atomic E-state index is 12.5. The number of nitrogens with zero attached hydrogens (tertiary/aromatic N) is 2. The number of benzene rings is 1. The van der Waals surface area contributed by atoms with Gasteiger partial charge >= 0.3 is 6.03 Å². The molecule has 0 atom stereocenters. The Kier molecular flexibility index (Phi) is 7.10. The Morgan fingerprint density at radius 3 is 2.52 bits per heavy atom. The van der Waals surface area contributed by atoms with Crippen LogP contribution >= 0.6 is 0 Å². The van der Waals surface area contributed by atoms with Gasteiger partial charge in [-0.25, -0.2) is 4.79 Å². The number of carbonyl (C=O) groups is 2. The number of carbonyl (C=O) groups excluding carboxylic acids is 2. The molecule has 1 aromatic rings. The predicted octanol–water partition coefficient (Wildman–Crippen LogP) is 2.60. The van der Waals surface area contributed by atoms with E-state index in [1.54, 1.807) is 6.07 Å². The monoisotopic (exact) mass is 372 g/mol. The summed E-state index contributed by atoms with van der Waals surface area (Å²) in [6, 6.07) is 8.11. The second kappa shape index (κ2) is 9.74. The van der Waals surface area contributed by atoms with Crippen molar-refractivity contribution in [3.8, 4) is 0 Å². The summed E-state index contributed by atoms with van der Waals surface area (Å²) in [6.07, 6.45) is 5.68. The van der Waals surface area contributed by atoms with E-state index in [2.05, 4.69) is 15.5 Å². The van der Waals surface area contributed by atoms with Crippen LogP contribution in [0.3, 0.4) is 0 Å². The van der Waals surface area contributed by atoms with Crippen LogP contribution < -0.4 is 10.6 Å². The van der Waals surface area contributed by atoms with Crippen LogP contribution in [0, 0.1) is 0 Å². The van der Waals surface area contributed by atoms with E-state index in [0.29, 0.717) is 24.7 Å². The Balaban J connectivity index is 1.44. The molecule has 0 saturated carbocycles. The Bertz CT molecular complexity index is 635. The summed E-state index contributed by atoms with van der Waals surface area (Å²) >= 11 is 0. The van der Waals surface area contributed by atoms with Crippen LogP contribution in [-0.2, 0) is 6.54 Å². The molecule has 0 spiro atoms. The average molecular weight is 373 g/mol. The third-order valence-corrected chi connectivity index (χ3v) is 5.58. The van der Waals surface area contributed by atoms with Gasteiger partial charge in [-0.05, 0) is 62.9 Å². The quantitative estimate of drug-likeness (QED) is 0.807. The predicted molar refractivity (Wildman–Crippen MR) is 107 cm³/mol. The van der Waals surface area contributed by atoms with Crippen molar-refractivity contribution in [3.05, 3.63) is 35.4 Å². The molecule has 2 aliphatic heterocycles. The highest BCUT2D eigenvalue weighted by Gasteiger charge is 2.28. The van der Waals surface area contributed by atoms with Crippen LogP contribution in [0.1, 0.15) is 54.9 Å². The van der Waals surface area contributed by atoms with Gasteiger partial charge in [0.15, 0.2) is 0 Å². The fraction of sp³-hybridized carbons (Fsp3) is 0.619. The van der Waals surface area contributed by atoms with Crippen LogP contribution in [0.2, 0.25) is 0 Å². The third kappa shape index (κ3) is 5.45. The minimum absolute atomic E-state index is 0.00397. The van der Waals surface area contributed by atoms with Crippen LogP contribution in [0.5, 0.6) is 0 Å². The van der Waals surface area contributed by atoms with Crippen molar-refractivity contribution >= 4 is 11.9 Å². The standard InChI is InChI=1S/C21H32N4O2/c1-2-10-22-20(26)18-7-5-6-17(15-18)16-23-21(27)25-13-8-19(9-14-25)24-11-3-4-12-24/h5-7,15,19H,2-4,8-14,16H2,1H3,(H,22,26)(H,23,27). The normalized spacial score (nSPS) is 18.5. The van der Waals surface area contributed by atoms with Crippen LogP contribution in [0.25, 0.3) is 0 Å². The van der Waals surface area contributed by atoms with Crippen LogP contribution in [-0.4, -0.2) is 60.5 Å². The zero-order valence-corrected chi connectivity index (χ0v) is 16.4. The van der Waals surface area contributed by atoms with Gasteiger partial charge < -0.3 is 20.4 Å². The summed E-state index contributed by atoms with van der Waals surface area (Å²) in [7, 11) is 0. The molecule has 2 N–H and O–H groups in total. The molecular weight excluding hydrogens is 340 g/mol. The molecule has 0 unspecified atom stereocenters. The molecule has 148 valence electrons. The highest BCUT2D eigenvalue weighted by molar-refractivity contribution is 5.94. The van der Waals surface area contributed by atoms with Gasteiger partial charge in [0.2, 0.25) is 0 Å². The number of urea groups is 1. The molecule has 0 aliphatic carbocycles. The zero-order valence-electron chi connectivity index (χ0n) is 16.4. The van der Waals surface area contributed by atoms with Gasteiger partial charge in [-0.2, -0.15) is 0 Å². The fourth-order valence-electron chi connectivity index (χ4n) is 3.99. The van der Waals surface area contributed by atoms with Crippen molar-refractivity contribution in [1.29, 1.82) is 0 Å². The van der Waals surface area contributed by atoms with Crippen molar-refractivity contribution in [3.63, 3.8) is 0 Å². The summed E-state index contributed by atoms with van der Waals surface area (Å²) in [6.45, 7) is 7.24. The first kappa shape index (κ1) is 19.7. The van der Waals surface area contributed by atoms with Gasteiger partial charge in [0.05, 0.1) is 0 Å². The molecule has 3 rings (SSSR count). The average Bonchev–Trinajstić information content (AvgIpc) is 3.25. The molecule has 6 heteroatoms. The van der Waals surface area contributed by atoms with Gasteiger partial charge in [-0.1, -0.05) is 19.1 Å². The van der Waals surface area contributed by atoms with Gasteiger partial charge in [-0.15, -0.1) is 0 Å². The molecule has 6 nitrogen and oxygen atoms in total. The molecule has 0 radical (unpaired) electrons. The van der Waals surface area contributed by atoms with Crippen molar-refractivity contribution < 1.29 is 9.59 Å². The van der Waals surface area contributed by atoms with Crippen LogP contribution in [0.15, 0.2) is 24.3 Å². The van der Waals surface area contributed by atoms with E-state index in [1.165, 1.54) is 25.9 Å². The number of hydrogen-bond acceptors (Lipinski definition) is 3. The van der Waals surface area contributed by atoms with Crippen molar-refractivity contribution in [2.24, 2.45) is 0 Å². The van der Waals surface area contributed by atoms with E-state index < -0.39 is 0 Å². The summed E-state index contributed by atoms with van der Waals surface area (Å²) in [5.74, 6) is -0.0611. The molecular formula is C21H32N4O2. The van der Waals surface area contributed by atoms with E-state index >= 15 is 0 Å². The van der Waals surface area contributed by atoms with E-state index in [-0.39, 0.29) is 11.9 Å². The lowest BCUT2D eigenvalue weighted by atomic mass is 10.0. The number of likely N-dealkylation sites (tertiary alicyclic amines) is 2. The molecule has 27 heavy (non-hydrogen) atoms. The molecule has 2 fully saturated rings. The van der Waals surface area contributed by atoms with E-state index in [0.717, 1.165) is 37.9 Å². The lowest BCUT2D eigenvalue weighted by Crippen LogP contribution is -2.48. The first-order valence-corrected chi connectivity index (χ1v) is 10.3. The Hall–Kier alpha value is -2.08. The minimum atomic E-state index is -0.0611. The minimum Gasteiger partial charge on any atom is -0.352 e. The Labute approximate surface area is 162 Å². The van der Waals surface area contributed by atoms with E-state index in [1.807, 2.05) is 30.0 Å². The topological polar surface area (TPSA) is 64.7 Å². The molecule has 3 amide bonds. The molecule has 1 aromatic carbocycles. The number of amides is 3. The SMILES string of the molecule is CCCNC(=O)c1cccc(CNC(=O)N2CCC(N3CCCC3)CC2)c1. The summed E-state index contributed by atoms with van der Waals surface area (Å²) in [5, 5.41) is 5.89. The number of rotatable bonds is 6. The second-order valence-electron chi connectivity index (χ2n) is 7.58. The third-order valence-electron chi connectivity index (χ3n) is 5.58. The van der Waals surface area contributed by atoms with Gasteiger partial charge in [0.25, 0.3) is 5.91 Å². The van der Waals surface area contributed by atoms with E-state index in [9.17, 15) is 9.59 Å². The number of nitrogens with one attached hydrogen (secondary N) is 2. The maximum absolute atomic E-state index is 12.5. The Morgan fingerprint density at radius 2 is 1.81 bits per heavy atom. The number of hydrogen-bond donors (Lipinski definition) is 2. The highest BCUT2D eigenvalue weighted by atomic mass is 16.2. The van der Waals surface area contributed by atoms with Gasteiger partial charge in [0, 0.05) is 37.8 Å². The van der Waals surface area contributed by atoms with Gasteiger partial charge in [0.1, 0.15) is 0 Å². The molecule has 2 heterocycles. The molecule has 0 aromatic heterocycles. The fourth-order valence-corrected chi connectivity index (χ4v) is 3.99. The Morgan fingerprint density at radius 1 is 1.07 bits per heavy atom. The highest BCUT2D eigenvalue weighted by Crippen LogP contribution is 2.21. The van der Waals surface area contributed by atoms with Crippen molar-refractivity contribution in [1.82, 2.24) is 20.4 Å². The smallest absolute Gasteiger partial charge is 0.317 e. The van der Waals surface area contributed by atoms with E-state index in [4.69, 9.17) is 0 Å². The van der Waals surface area contributed by atoms with Crippen molar-refractivity contribution in [2.75, 3.05) is 32.7 Å². The second-order valence-corrected chi connectivity index (χ2v) is 7.58. The number of piperidine rings is 1. The summed E-state index contributed by atoms with van der Waals surface area (Å²) in [4.78, 5) is 29.1. The van der Waals surface area contributed by atoms with Crippen molar-refractivity contribution in [2.45, 2.75) is 51.6 Å². The molecule has 2 aliphatic rings. The first-order chi connectivity index (χ1) is 13.2. The molecule has 2 saturated heterocycles. The summed E-state index contributed by atoms with van der Waals surface area (Å²) in [5.41, 5.74) is 1.58. The first-order valence-electron chi connectivity index (χ1n) is 10.3. The summed E-state index contributed by atoms with van der Waals surface area (Å²) < 4.78 is 0. The van der Waals surface area contributed by atoms with Crippen LogP contribution in [0.4, 0.5) is 4.79 Å². The lowest BCUT2D eigenvalue weighted by molar-refractivity contribution is 0.0953. The lowest BCUT2D eigenvalue weighted by Gasteiger charge is -2.36. The largest absolute Gasteiger partial charge is 0.352 e. The zero-order chi connectivity index (χ0) is 19.1. The maximum Gasteiger partial charge on any atom is 0.317 e. The molecule has 0 bridgehead atoms.